The average Bonchev–Trinajstić information content (AvgIpc) is 2.89. The molecule has 2 heterocycles. The number of carbonyl (C=O) groups is 1. The first-order valence-electron chi connectivity index (χ1n) is 6.93. The van der Waals surface area contributed by atoms with Crippen molar-refractivity contribution in [1.82, 2.24) is 9.80 Å². The van der Waals surface area contributed by atoms with Gasteiger partial charge in [0.15, 0.2) is 0 Å². The second-order valence-electron chi connectivity index (χ2n) is 5.45. The minimum Gasteiger partial charge on any atom is -0.375 e. The van der Waals surface area contributed by atoms with E-state index in [1.807, 2.05) is 6.92 Å². The lowest BCUT2D eigenvalue weighted by Crippen LogP contribution is -2.34. The Morgan fingerprint density at radius 2 is 2.26 bits per heavy atom. The zero-order chi connectivity index (χ0) is 14.0. The van der Waals surface area contributed by atoms with Crippen molar-refractivity contribution in [2.75, 3.05) is 20.1 Å². The molecule has 1 unspecified atom stereocenters. The lowest BCUT2D eigenvalue weighted by molar-refractivity contribution is -0.127. The number of likely N-dealkylation sites (tertiary alicyclic amines) is 1. The van der Waals surface area contributed by atoms with Crippen LogP contribution in [-0.2, 0) is 4.79 Å². The predicted molar refractivity (Wildman–Crippen MR) is 85.2 cm³/mol. The standard InChI is InChI=1S/C14H22N2OS2/c1-4-9-16-10-5-6-11(16)7-8-14(2)12(17)15(3)13(18)19-14/h7H,4-6,8-10H2,1-3H3/b11-7+. The van der Waals surface area contributed by atoms with Crippen molar-refractivity contribution in [3.8, 4) is 0 Å². The Labute approximate surface area is 125 Å². The van der Waals surface area contributed by atoms with Gasteiger partial charge in [-0.05, 0) is 32.6 Å². The molecule has 2 saturated heterocycles. The molecule has 0 spiro atoms. The Bertz CT molecular complexity index is 422. The highest BCUT2D eigenvalue weighted by molar-refractivity contribution is 8.24. The van der Waals surface area contributed by atoms with Gasteiger partial charge in [-0.3, -0.25) is 9.69 Å². The molecular formula is C14H22N2OS2. The van der Waals surface area contributed by atoms with Gasteiger partial charge in [0.2, 0.25) is 5.91 Å². The van der Waals surface area contributed by atoms with Crippen LogP contribution >= 0.6 is 24.0 Å². The highest BCUT2D eigenvalue weighted by atomic mass is 32.2. The average molecular weight is 298 g/mol. The topological polar surface area (TPSA) is 23.6 Å². The second kappa shape index (κ2) is 5.83. The van der Waals surface area contributed by atoms with E-state index in [-0.39, 0.29) is 5.91 Å². The van der Waals surface area contributed by atoms with Crippen LogP contribution in [0.2, 0.25) is 0 Å². The zero-order valence-corrected chi connectivity index (χ0v) is 13.6. The van der Waals surface area contributed by atoms with Crippen LogP contribution in [0.15, 0.2) is 11.8 Å². The summed E-state index contributed by atoms with van der Waals surface area (Å²) < 4.78 is 0.294. The summed E-state index contributed by atoms with van der Waals surface area (Å²) in [7, 11) is 1.77. The number of thiocarbonyl (C=S) groups is 1. The van der Waals surface area contributed by atoms with E-state index < -0.39 is 4.75 Å². The van der Waals surface area contributed by atoms with E-state index in [1.54, 1.807) is 11.9 Å². The lowest BCUT2D eigenvalue weighted by atomic mass is 10.0. The van der Waals surface area contributed by atoms with Crippen molar-refractivity contribution in [2.45, 2.75) is 44.3 Å². The van der Waals surface area contributed by atoms with Crippen LogP contribution < -0.4 is 0 Å². The number of hydrogen-bond donors (Lipinski definition) is 0. The van der Waals surface area contributed by atoms with E-state index in [4.69, 9.17) is 12.2 Å². The monoisotopic (exact) mass is 298 g/mol. The van der Waals surface area contributed by atoms with Crippen molar-refractivity contribution in [3.05, 3.63) is 11.8 Å². The SMILES string of the molecule is CCCN1CCC/C1=C\CC1(C)SC(=S)N(C)C1=O. The molecule has 0 aliphatic carbocycles. The molecule has 0 bridgehead atoms. The number of thioether (sulfide) groups is 1. The van der Waals surface area contributed by atoms with E-state index >= 15 is 0 Å². The fraction of sp³-hybridized carbons (Fsp3) is 0.714. The molecule has 2 rings (SSSR count). The van der Waals surface area contributed by atoms with Crippen molar-refractivity contribution in [2.24, 2.45) is 0 Å². The van der Waals surface area contributed by atoms with E-state index in [2.05, 4.69) is 17.9 Å². The Balaban J connectivity index is 2.05. The molecule has 2 aliphatic rings. The molecule has 0 aromatic carbocycles. The van der Waals surface area contributed by atoms with Gasteiger partial charge in [0.05, 0.1) is 0 Å². The van der Waals surface area contributed by atoms with Crippen LogP contribution in [0.3, 0.4) is 0 Å². The first-order chi connectivity index (χ1) is 8.98. The second-order valence-corrected chi connectivity index (χ2v) is 7.59. The number of hydrogen-bond acceptors (Lipinski definition) is 4. The Morgan fingerprint density at radius 3 is 2.84 bits per heavy atom. The summed E-state index contributed by atoms with van der Waals surface area (Å²) in [6.07, 6.45) is 6.60. The predicted octanol–water partition coefficient (Wildman–Crippen LogP) is 3.02. The number of carbonyl (C=O) groups excluding carboxylic acids is 1. The third kappa shape index (κ3) is 2.97. The third-order valence-electron chi connectivity index (χ3n) is 3.83. The van der Waals surface area contributed by atoms with Crippen LogP contribution in [0.1, 0.15) is 39.5 Å². The molecule has 1 atom stereocenters. The summed E-state index contributed by atoms with van der Waals surface area (Å²) in [4.78, 5) is 16.3. The van der Waals surface area contributed by atoms with Gasteiger partial charge in [-0.25, -0.2) is 0 Å². The highest BCUT2D eigenvalue weighted by Crippen LogP contribution is 2.40. The molecule has 0 aromatic rings. The largest absolute Gasteiger partial charge is 0.375 e. The van der Waals surface area contributed by atoms with Crippen molar-refractivity contribution in [1.29, 1.82) is 0 Å². The Hall–Kier alpha value is -0.550. The van der Waals surface area contributed by atoms with Crippen molar-refractivity contribution >= 4 is 34.2 Å². The minimum absolute atomic E-state index is 0.138. The molecule has 0 radical (unpaired) electrons. The number of allylic oxidation sites excluding steroid dienone is 2. The van der Waals surface area contributed by atoms with Crippen molar-refractivity contribution in [3.63, 3.8) is 0 Å². The molecule has 2 fully saturated rings. The first kappa shape index (κ1) is 14.9. The van der Waals surface area contributed by atoms with Gasteiger partial charge < -0.3 is 4.90 Å². The van der Waals surface area contributed by atoms with Gasteiger partial charge in [0.25, 0.3) is 0 Å². The molecule has 19 heavy (non-hydrogen) atoms. The minimum atomic E-state index is -0.403. The molecular weight excluding hydrogens is 276 g/mol. The van der Waals surface area contributed by atoms with Gasteiger partial charge in [0.1, 0.15) is 9.07 Å². The maximum Gasteiger partial charge on any atom is 0.244 e. The molecule has 2 aliphatic heterocycles. The van der Waals surface area contributed by atoms with Crippen LogP contribution in [0.5, 0.6) is 0 Å². The molecule has 5 heteroatoms. The van der Waals surface area contributed by atoms with Gasteiger partial charge >= 0.3 is 0 Å². The molecule has 0 aromatic heterocycles. The summed E-state index contributed by atoms with van der Waals surface area (Å²) in [5.41, 5.74) is 1.41. The van der Waals surface area contributed by atoms with E-state index in [9.17, 15) is 4.79 Å². The van der Waals surface area contributed by atoms with Crippen LogP contribution in [0, 0.1) is 0 Å². The molecule has 0 saturated carbocycles. The van der Waals surface area contributed by atoms with Crippen LogP contribution in [0.25, 0.3) is 0 Å². The summed E-state index contributed by atoms with van der Waals surface area (Å²) in [6.45, 7) is 6.50. The van der Waals surface area contributed by atoms with Gasteiger partial charge in [-0.15, -0.1) is 0 Å². The first-order valence-corrected chi connectivity index (χ1v) is 8.15. The molecule has 106 valence electrons. The number of amides is 1. The van der Waals surface area contributed by atoms with Gasteiger partial charge in [-0.2, -0.15) is 0 Å². The molecule has 3 nitrogen and oxygen atoms in total. The Kier molecular flexibility index (Phi) is 4.56. The normalized spacial score (nSPS) is 29.9. The number of rotatable bonds is 4. The van der Waals surface area contributed by atoms with Gasteiger partial charge in [0, 0.05) is 25.8 Å². The maximum absolute atomic E-state index is 12.2. The summed E-state index contributed by atoms with van der Waals surface area (Å²) in [5, 5.41) is 0. The fourth-order valence-electron chi connectivity index (χ4n) is 2.69. The smallest absolute Gasteiger partial charge is 0.244 e. The summed E-state index contributed by atoms with van der Waals surface area (Å²) in [6, 6.07) is 0. The quantitative estimate of drug-likeness (QED) is 0.744. The van der Waals surface area contributed by atoms with Crippen molar-refractivity contribution < 1.29 is 4.79 Å². The highest BCUT2D eigenvalue weighted by Gasteiger charge is 2.44. The van der Waals surface area contributed by atoms with E-state index in [0.717, 1.165) is 25.9 Å². The Morgan fingerprint density at radius 1 is 1.53 bits per heavy atom. The zero-order valence-electron chi connectivity index (χ0n) is 11.9. The summed E-state index contributed by atoms with van der Waals surface area (Å²) >= 11 is 6.75. The van der Waals surface area contributed by atoms with E-state index in [1.165, 1.54) is 30.3 Å². The molecule has 1 amide bonds. The molecule has 0 N–H and O–H groups in total. The summed E-state index contributed by atoms with van der Waals surface area (Å²) in [5.74, 6) is 0.138. The fourth-order valence-corrected chi connectivity index (χ4v) is 4.32. The van der Waals surface area contributed by atoms with Crippen LogP contribution in [-0.4, -0.2) is 44.9 Å². The maximum atomic E-state index is 12.2. The van der Waals surface area contributed by atoms with Gasteiger partial charge in [-0.1, -0.05) is 37.0 Å². The number of nitrogens with zero attached hydrogens (tertiary/aromatic N) is 2. The van der Waals surface area contributed by atoms with Crippen LogP contribution in [0.4, 0.5) is 0 Å². The lowest BCUT2D eigenvalue weighted by Gasteiger charge is -2.22. The van der Waals surface area contributed by atoms with E-state index in [0.29, 0.717) is 4.32 Å². The third-order valence-corrected chi connectivity index (χ3v) is 5.60.